The van der Waals surface area contributed by atoms with Crippen molar-refractivity contribution in [1.29, 1.82) is 0 Å². The molecule has 1 aliphatic rings. The Morgan fingerprint density at radius 3 is 2.48 bits per heavy atom. The van der Waals surface area contributed by atoms with Crippen molar-refractivity contribution in [3.05, 3.63) is 84.1 Å². The number of aromatic nitrogens is 2. The van der Waals surface area contributed by atoms with E-state index in [1.54, 1.807) is 30.7 Å². The highest BCUT2D eigenvalue weighted by molar-refractivity contribution is 5.99. The molecule has 0 spiro atoms. The normalized spacial score (nSPS) is 15.9. The lowest BCUT2D eigenvalue weighted by Gasteiger charge is -2.39. The van der Waals surface area contributed by atoms with Crippen molar-refractivity contribution < 1.29 is 9.18 Å². The van der Waals surface area contributed by atoms with E-state index in [0.29, 0.717) is 30.8 Å². The molecule has 2 aromatic heterocycles. The van der Waals surface area contributed by atoms with Gasteiger partial charge in [0.25, 0.3) is 5.91 Å². The summed E-state index contributed by atoms with van der Waals surface area (Å²) >= 11 is 0. The topological polar surface area (TPSA) is 46.1 Å². The SMILES string of the molecule is CC1(Cc2ccccc2F)CCN(C(=O)c2cccnc2-c2ccncc2)CC1. The van der Waals surface area contributed by atoms with Gasteiger partial charge in [-0.15, -0.1) is 0 Å². The fourth-order valence-corrected chi connectivity index (χ4v) is 4.02. The van der Waals surface area contributed by atoms with Crippen molar-refractivity contribution in [1.82, 2.24) is 14.9 Å². The van der Waals surface area contributed by atoms with E-state index in [1.807, 2.05) is 35.2 Å². The van der Waals surface area contributed by atoms with Crippen LogP contribution < -0.4 is 0 Å². The molecule has 0 bridgehead atoms. The lowest BCUT2D eigenvalue weighted by Crippen LogP contribution is -2.43. The average Bonchev–Trinajstić information content (AvgIpc) is 2.76. The second-order valence-electron chi connectivity index (χ2n) is 8.01. The molecule has 1 fully saturated rings. The van der Waals surface area contributed by atoms with Crippen LogP contribution in [0.25, 0.3) is 11.3 Å². The maximum absolute atomic E-state index is 14.1. The summed E-state index contributed by atoms with van der Waals surface area (Å²) in [5, 5.41) is 0. The molecular weight excluding hydrogens is 365 g/mol. The first-order chi connectivity index (χ1) is 14.1. The number of nitrogens with zero attached hydrogens (tertiary/aromatic N) is 3. The standard InChI is InChI=1S/C24H24FN3O/c1-24(17-19-5-2-3-7-21(19)25)10-15-28(16-11-24)23(29)20-6-4-12-27-22(20)18-8-13-26-14-9-18/h2-9,12-14H,10-11,15-17H2,1H3. The Kier molecular flexibility index (Phi) is 5.38. The fraction of sp³-hybridized carbons (Fsp3) is 0.292. The van der Waals surface area contributed by atoms with E-state index in [2.05, 4.69) is 16.9 Å². The first-order valence-corrected chi connectivity index (χ1v) is 9.94. The minimum Gasteiger partial charge on any atom is -0.339 e. The lowest BCUT2D eigenvalue weighted by molar-refractivity contribution is 0.0606. The van der Waals surface area contributed by atoms with Crippen LogP contribution in [0, 0.1) is 11.2 Å². The van der Waals surface area contributed by atoms with Gasteiger partial charge < -0.3 is 4.90 Å². The van der Waals surface area contributed by atoms with E-state index in [1.165, 1.54) is 6.07 Å². The Labute approximate surface area is 170 Å². The number of amides is 1. The Morgan fingerprint density at radius 2 is 1.76 bits per heavy atom. The largest absolute Gasteiger partial charge is 0.339 e. The summed E-state index contributed by atoms with van der Waals surface area (Å²) in [7, 11) is 0. The molecule has 1 aromatic carbocycles. The summed E-state index contributed by atoms with van der Waals surface area (Å²) in [6.45, 7) is 3.51. The minimum absolute atomic E-state index is 0.00199. The molecule has 4 nitrogen and oxygen atoms in total. The molecule has 0 aliphatic carbocycles. The van der Waals surface area contributed by atoms with Crippen molar-refractivity contribution >= 4 is 5.91 Å². The van der Waals surface area contributed by atoms with Crippen LogP contribution in [0.4, 0.5) is 4.39 Å². The predicted molar refractivity (Wildman–Crippen MR) is 111 cm³/mol. The van der Waals surface area contributed by atoms with Gasteiger partial charge in [0, 0.05) is 37.2 Å². The summed E-state index contributed by atoms with van der Waals surface area (Å²) in [5.41, 5.74) is 2.91. The molecule has 148 valence electrons. The van der Waals surface area contributed by atoms with Crippen LogP contribution in [0.1, 0.15) is 35.7 Å². The van der Waals surface area contributed by atoms with Gasteiger partial charge in [-0.3, -0.25) is 14.8 Å². The summed E-state index contributed by atoms with van der Waals surface area (Å²) in [4.78, 5) is 23.6. The van der Waals surface area contributed by atoms with E-state index >= 15 is 0 Å². The molecule has 0 radical (unpaired) electrons. The first kappa shape index (κ1) is 19.2. The third-order valence-corrected chi connectivity index (χ3v) is 5.82. The molecule has 1 amide bonds. The van der Waals surface area contributed by atoms with Crippen LogP contribution in [0.3, 0.4) is 0 Å². The third-order valence-electron chi connectivity index (χ3n) is 5.82. The van der Waals surface area contributed by atoms with Gasteiger partial charge in [-0.05, 0) is 60.6 Å². The predicted octanol–water partition coefficient (Wildman–Crippen LogP) is 4.77. The van der Waals surface area contributed by atoms with Crippen molar-refractivity contribution in [2.45, 2.75) is 26.2 Å². The maximum atomic E-state index is 14.1. The zero-order chi connectivity index (χ0) is 20.3. The number of likely N-dealkylation sites (tertiary alicyclic amines) is 1. The molecule has 4 rings (SSSR count). The highest BCUT2D eigenvalue weighted by atomic mass is 19.1. The van der Waals surface area contributed by atoms with Gasteiger partial charge >= 0.3 is 0 Å². The number of benzene rings is 1. The quantitative estimate of drug-likeness (QED) is 0.646. The highest BCUT2D eigenvalue weighted by Gasteiger charge is 2.33. The number of halogens is 1. The van der Waals surface area contributed by atoms with E-state index in [4.69, 9.17) is 0 Å². The monoisotopic (exact) mass is 389 g/mol. The van der Waals surface area contributed by atoms with Crippen molar-refractivity contribution in [2.75, 3.05) is 13.1 Å². The highest BCUT2D eigenvalue weighted by Crippen LogP contribution is 2.36. The van der Waals surface area contributed by atoms with Crippen molar-refractivity contribution in [2.24, 2.45) is 5.41 Å². The molecule has 5 heteroatoms. The van der Waals surface area contributed by atoms with Gasteiger partial charge in [-0.25, -0.2) is 4.39 Å². The van der Waals surface area contributed by atoms with Gasteiger partial charge in [0.05, 0.1) is 11.3 Å². The molecule has 0 saturated carbocycles. The van der Waals surface area contributed by atoms with Crippen LogP contribution in [-0.4, -0.2) is 33.9 Å². The first-order valence-electron chi connectivity index (χ1n) is 9.94. The molecule has 1 aliphatic heterocycles. The van der Waals surface area contributed by atoms with Crippen LogP contribution >= 0.6 is 0 Å². The van der Waals surface area contributed by atoms with Crippen LogP contribution in [0.5, 0.6) is 0 Å². The van der Waals surface area contributed by atoms with Crippen LogP contribution in [-0.2, 0) is 6.42 Å². The summed E-state index contributed by atoms with van der Waals surface area (Å²) in [6, 6.07) is 14.3. The summed E-state index contributed by atoms with van der Waals surface area (Å²) in [5.74, 6) is -0.151. The number of carbonyl (C=O) groups is 1. The molecule has 29 heavy (non-hydrogen) atoms. The molecule has 0 N–H and O–H groups in total. The van der Waals surface area contributed by atoms with E-state index in [-0.39, 0.29) is 17.1 Å². The molecule has 1 saturated heterocycles. The number of hydrogen-bond acceptors (Lipinski definition) is 3. The second kappa shape index (κ2) is 8.11. The average molecular weight is 389 g/mol. The summed E-state index contributed by atoms with van der Waals surface area (Å²) < 4.78 is 14.1. The number of rotatable bonds is 4. The van der Waals surface area contributed by atoms with Gasteiger partial charge in [-0.1, -0.05) is 25.1 Å². The Bertz CT molecular complexity index is 998. The lowest BCUT2D eigenvalue weighted by atomic mass is 9.75. The van der Waals surface area contributed by atoms with Crippen molar-refractivity contribution in [3.8, 4) is 11.3 Å². The smallest absolute Gasteiger partial charge is 0.256 e. The number of hydrogen-bond donors (Lipinski definition) is 0. The van der Waals surface area contributed by atoms with E-state index in [9.17, 15) is 9.18 Å². The van der Waals surface area contributed by atoms with Gasteiger partial charge in [0.15, 0.2) is 0 Å². The summed E-state index contributed by atoms with van der Waals surface area (Å²) in [6.07, 6.45) is 7.49. The fourth-order valence-electron chi connectivity index (χ4n) is 4.02. The second-order valence-corrected chi connectivity index (χ2v) is 8.01. The van der Waals surface area contributed by atoms with Gasteiger partial charge in [-0.2, -0.15) is 0 Å². The molecule has 0 unspecified atom stereocenters. The molecule has 3 aromatic rings. The van der Waals surface area contributed by atoms with Crippen molar-refractivity contribution in [3.63, 3.8) is 0 Å². The Balaban J connectivity index is 1.48. The van der Waals surface area contributed by atoms with Crippen LogP contribution in [0.2, 0.25) is 0 Å². The zero-order valence-electron chi connectivity index (χ0n) is 16.5. The van der Waals surface area contributed by atoms with Crippen LogP contribution in [0.15, 0.2) is 67.1 Å². The minimum atomic E-state index is -0.149. The number of pyridine rings is 2. The third kappa shape index (κ3) is 4.19. The molecular formula is C24H24FN3O. The van der Waals surface area contributed by atoms with Gasteiger partial charge in [0.2, 0.25) is 0 Å². The zero-order valence-corrected chi connectivity index (χ0v) is 16.5. The number of piperidine rings is 1. The Morgan fingerprint density at radius 1 is 1.03 bits per heavy atom. The maximum Gasteiger partial charge on any atom is 0.256 e. The Hall–Kier alpha value is -3.08. The molecule has 3 heterocycles. The van der Waals surface area contributed by atoms with E-state index in [0.717, 1.165) is 24.0 Å². The molecule has 0 atom stereocenters. The number of carbonyl (C=O) groups excluding carboxylic acids is 1. The van der Waals surface area contributed by atoms with E-state index < -0.39 is 0 Å². The van der Waals surface area contributed by atoms with Gasteiger partial charge in [0.1, 0.15) is 5.82 Å².